The van der Waals surface area contributed by atoms with Gasteiger partial charge in [-0.05, 0) is 27.2 Å². The molecule has 1 aromatic rings. The molecule has 1 aliphatic rings. The van der Waals surface area contributed by atoms with Crippen molar-refractivity contribution < 1.29 is 9.26 Å². The monoisotopic (exact) mass is 282 g/mol. The Bertz CT molecular complexity index is 413. The van der Waals surface area contributed by atoms with Crippen LogP contribution in [0, 0.1) is 0 Å². The van der Waals surface area contributed by atoms with Crippen molar-refractivity contribution in [3.05, 3.63) is 11.7 Å². The van der Waals surface area contributed by atoms with Gasteiger partial charge in [-0.25, -0.2) is 0 Å². The van der Waals surface area contributed by atoms with Gasteiger partial charge in [0, 0.05) is 39.7 Å². The molecule has 1 N–H and O–H groups in total. The van der Waals surface area contributed by atoms with Crippen LogP contribution in [0.4, 0.5) is 0 Å². The first-order valence-electron chi connectivity index (χ1n) is 7.35. The van der Waals surface area contributed by atoms with Gasteiger partial charge in [-0.1, -0.05) is 5.16 Å². The number of piperazine rings is 1. The van der Waals surface area contributed by atoms with Gasteiger partial charge in [0.1, 0.15) is 0 Å². The summed E-state index contributed by atoms with van der Waals surface area (Å²) in [5.41, 5.74) is -0.184. The zero-order chi connectivity index (χ0) is 14.6. The van der Waals surface area contributed by atoms with E-state index in [1.807, 2.05) is 6.92 Å². The average Bonchev–Trinajstić information content (AvgIpc) is 2.95. The summed E-state index contributed by atoms with van der Waals surface area (Å²) in [6, 6.07) is 0. The number of hydrogen-bond donors (Lipinski definition) is 1. The zero-order valence-electron chi connectivity index (χ0n) is 13.0. The van der Waals surface area contributed by atoms with Crippen LogP contribution >= 0.6 is 0 Å². The molecule has 0 aromatic carbocycles. The fraction of sp³-hybridized carbons (Fsp3) is 0.857. The molecule has 1 atom stereocenters. The standard InChI is InChI=1S/C14H26N4O2/c1-11(19-4)5-6-12-16-13(17-20-12)14(2,3)18-9-7-15-8-10-18/h11,15H,5-10H2,1-4H3. The van der Waals surface area contributed by atoms with Gasteiger partial charge in [0.05, 0.1) is 11.6 Å². The van der Waals surface area contributed by atoms with E-state index in [0.29, 0.717) is 5.89 Å². The minimum Gasteiger partial charge on any atom is -0.382 e. The van der Waals surface area contributed by atoms with Gasteiger partial charge in [0.15, 0.2) is 5.82 Å². The summed E-state index contributed by atoms with van der Waals surface area (Å²) in [5.74, 6) is 1.48. The number of ether oxygens (including phenoxy) is 1. The van der Waals surface area contributed by atoms with E-state index in [4.69, 9.17) is 9.26 Å². The van der Waals surface area contributed by atoms with E-state index in [2.05, 4.69) is 34.2 Å². The lowest BCUT2D eigenvalue weighted by Crippen LogP contribution is -2.52. The number of rotatable bonds is 6. The minimum atomic E-state index is -0.184. The number of nitrogens with zero attached hydrogens (tertiary/aromatic N) is 3. The van der Waals surface area contributed by atoms with Crippen molar-refractivity contribution in [2.75, 3.05) is 33.3 Å². The molecular formula is C14H26N4O2. The van der Waals surface area contributed by atoms with E-state index >= 15 is 0 Å². The van der Waals surface area contributed by atoms with E-state index in [1.165, 1.54) is 0 Å². The second-order valence-electron chi connectivity index (χ2n) is 5.89. The van der Waals surface area contributed by atoms with Gasteiger partial charge in [0.2, 0.25) is 5.89 Å². The Labute approximate surface area is 120 Å². The molecule has 20 heavy (non-hydrogen) atoms. The minimum absolute atomic E-state index is 0.184. The maximum Gasteiger partial charge on any atom is 0.226 e. The van der Waals surface area contributed by atoms with E-state index in [9.17, 15) is 0 Å². The molecule has 2 heterocycles. The highest BCUT2D eigenvalue weighted by Crippen LogP contribution is 2.25. The Kier molecular flexibility index (Phi) is 5.12. The zero-order valence-corrected chi connectivity index (χ0v) is 13.0. The van der Waals surface area contributed by atoms with E-state index in [1.54, 1.807) is 7.11 Å². The third kappa shape index (κ3) is 3.56. The molecule has 0 saturated carbocycles. The number of nitrogens with one attached hydrogen (secondary N) is 1. The molecule has 1 fully saturated rings. The Hall–Kier alpha value is -0.980. The summed E-state index contributed by atoms with van der Waals surface area (Å²) in [5, 5.41) is 7.54. The SMILES string of the molecule is COC(C)CCc1nc(C(C)(C)N2CCNCC2)no1. The fourth-order valence-electron chi connectivity index (χ4n) is 2.41. The summed E-state index contributed by atoms with van der Waals surface area (Å²) >= 11 is 0. The second-order valence-corrected chi connectivity index (χ2v) is 5.89. The van der Waals surface area contributed by atoms with E-state index in [0.717, 1.165) is 44.8 Å². The van der Waals surface area contributed by atoms with Crippen LogP contribution in [0.5, 0.6) is 0 Å². The second kappa shape index (κ2) is 6.65. The maximum absolute atomic E-state index is 5.38. The number of aromatic nitrogens is 2. The van der Waals surface area contributed by atoms with Gasteiger partial charge in [-0.2, -0.15) is 4.98 Å². The lowest BCUT2D eigenvalue weighted by Gasteiger charge is -2.38. The van der Waals surface area contributed by atoms with Crippen LogP contribution in [0.25, 0.3) is 0 Å². The van der Waals surface area contributed by atoms with Crippen molar-refractivity contribution in [2.45, 2.75) is 45.3 Å². The molecule has 6 heteroatoms. The van der Waals surface area contributed by atoms with Crippen LogP contribution in [0.1, 0.15) is 38.9 Å². The van der Waals surface area contributed by atoms with Crippen molar-refractivity contribution in [3.63, 3.8) is 0 Å². The summed E-state index contributed by atoms with van der Waals surface area (Å²) in [4.78, 5) is 6.97. The number of aryl methyl sites for hydroxylation is 1. The molecule has 1 unspecified atom stereocenters. The Balaban J connectivity index is 1.99. The normalized spacial score (nSPS) is 19.2. The molecule has 2 rings (SSSR count). The molecule has 1 aromatic heterocycles. The Morgan fingerprint density at radius 2 is 2.10 bits per heavy atom. The van der Waals surface area contributed by atoms with Crippen LogP contribution < -0.4 is 5.32 Å². The third-order valence-electron chi connectivity index (χ3n) is 4.09. The first-order chi connectivity index (χ1) is 9.54. The van der Waals surface area contributed by atoms with Crippen LogP contribution in [-0.4, -0.2) is 54.4 Å². The van der Waals surface area contributed by atoms with Gasteiger partial charge < -0.3 is 14.6 Å². The molecule has 6 nitrogen and oxygen atoms in total. The molecule has 1 saturated heterocycles. The molecule has 0 radical (unpaired) electrons. The highest BCUT2D eigenvalue weighted by molar-refractivity contribution is 5.03. The lowest BCUT2D eigenvalue weighted by molar-refractivity contribution is 0.0924. The van der Waals surface area contributed by atoms with Crippen molar-refractivity contribution >= 4 is 0 Å². The number of methoxy groups -OCH3 is 1. The molecule has 114 valence electrons. The summed E-state index contributed by atoms with van der Waals surface area (Å²) < 4.78 is 10.6. The highest BCUT2D eigenvalue weighted by Gasteiger charge is 2.34. The highest BCUT2D eigenvalue weighted by atomic mass is 16.5. The van der Waals surface area contributed by atoms with Crippen molar-refractivity contribution in [2.24, 2.45) is 0 Å². The van der Waals surface area contributed by atoms with Crippen molar-refractivity contribution in [3.8, 4) is 0 Å². The molecule has 0 spiro atoms. The lowest BCUT2D eigenvalue weighted by atomic mass is 10.0. The van der Waals surface area contributed by atoms with E-state index < -0.39 is 0 Å². The molecular weight excluding hydrogens is 256 g/mol. The van der Waals surface area contributed by atoms with Crippen molar-refractivity contribution in [1.82, 2.24) is 20.4 Å². The van der Waals surface area contributed by atoms with Crippen LogP contribution in [0.2, 0.25) is 0 Å². The molecule has 1 aliphatic heterocycles. The quantitative estimate of drug-likeness (QED) is 0.845. The largest absolute Gasteiger partial charge is 0.382 e. The summed E-state index contributed by atoms with van der Waals surface area (Å²) in [6.45, 7) is 10.4. The molecule has 0 amide bonds. The smallest absolute Gasteiger partial charge is 0.226 e. The predicted octanol–water partition coefficient (Wildman–Crippen LogP) is 1.18. The third-order valence-corrected chi connectivity index (χ3v) is 4.09. The van der Waals surface area contributed by atoms with Gasteiger partial charge in [0.25, 0.3) is 0 Å². The van der Waals surface area contributed by atoms with E-state index in [-0.39, 0.29) is 11.6 Å². The first-order valence-corrected chi connectivity index (χ1v) is 7.35. The van der Waals surface area contributed by atoms with Crippen LogP contribution in [0.15, 0.2) is 4.52 Å². The Morgan fingerprint density at radius 1 is 1.40 bits per heavy atom. The number of hydrogen-bond acceptors (Lipinski definition) is 6. The van der Waals surface area contributed by atoms with Gasteiger partial charge in [-0.3, -0.25) is 4.90 Å². The van der Waals surface area contributed by atoms with Crippen molar-refractivity contribution in [1.29, 1.82) is 0 Å². The van der Waals surface area contributed by atoms with Gasteiger partial charge in [-0.15, -0.1) is 0 Å². The average molecular weight is 282 g/mol. The Morgan fingerprint density at radius 3 is 2.75 bits per heavy atom. The predicted molar refractivity (Wildman–Crippen MR) is 76.6 cm³/mol. The summed E-state index contributed by atoms with van der Waals surface area (Å²) in [6.07, 6.45) is 1.87. The fourth-order valence-corrected chi connectivity index (χ4v) is 2.41. The van der Waals surface area contributed by atoms with Gasteiger partial charge >= 0.3 is 0 Å². The maximum atomic E-state index is 5.38. The summed E-state index contributed by atoms with van der Waals surface area (Å²) in [7, 11) is 1.72. The first kappa shape index (κ1) is 15.4. The molecule has 0 bridgehead atoms. The molecule has 0 aliphatic carbocycles. The van der Waals surface area contributed by atoms with Crippen LogP contribution in [0.3, 0.4) is 0 Å². The topological polar surface area (TPSA) is 63.4 Å². The van der Waals surface area contributed by atoms with Crippen LogP contribution in [-0.2, 0) is 16.7 Å².